The van der Waals surface area contributed by atoms with Crippen molar-refractivity contribution in [3.8, 4) is 0 Å². The third kappa shape index (κ3) is 2.72. The first kappa shape index (κ1) is 14.3. The highest BCUT2D eigenvalue weighted by molar-refractivity contribution is 6.35. The number of nitrogens with zero attached hydrogens (tertiary/aromatic N) is 1. The zero-order valence-electron chi connectivity index (χ0n) is 11.6. The standard InChI is InChI=1S/C15H16ClN3O2/c1-8-5-11(16)14(10-3-2-4-17-13(8)10)19-15(21)12-6-9(20)7-18-12/h2-5,9,12,18,20H,6-7H2,1H3,(H,19,21). The summed E-state index contributed by atoms with van der Waals surface area (Å²) in [5, 5.41) is 16.6. The highest BCUT2D eigenvalue weighted by atomic mass is 35.5. The summed E-state index contributed by atoms with van der Waals surface area (Å²) >= 11 is 6.28. The second-order valence-corrected chi connectivity index (χ2v) is 5.70. The molecule has 2 unspecified atom stereocenters. The Morgan fingerprint density at radius 2 is 2.38 bits per heavy atom. The molecule has 1 aromatic heterocycles. The first-order valence-electron chi connectivity index (χ1n) is 6.82. The molecule has 3 N–H and O–H groups in total. The topological polar surface area (TPSA) is 74.2 Å². The second kappa shape index (κ2) is 5.60. The number of hydrogen-bond donors (Lipinski definition) is 3. The number of benzene rings is 1. The van der Waals surface area contributed by atoms with E-state index >= 15 is 0 Å². The van der Waals surface area contributed by atoms with Crippen molar-refractivity contribution in [3.05, 3.63) is 35.0 Å². The molecule has 0 aliphatic carbocycles. The van der Waals surface area contributed by atoms with E-state index in [2.05, 4.69) is 15.6 Å². The van der Waals surface area contributed by atoms with Gasteiger partial charge >= 0.3 is 0 Å². The highest BCUT2D eigenvalue weighted by Gasteiger charge is 2.28. The number of hydrogen-bond acceptors (Lipinski definition) is 4. The van der Waals surface area contributed by atoms with Crippen LogP contribution in [0.1, 0.15) is 12.0 Å². The molecule has 3 rings (SSSR count). The van der Waals surface area contributed by atoms with Crippen LogP contribution in [-0.2, 0) is 4.79 Å². The van der Waals surface area contributed by atoms with Gasteiger partial charge in [-0.15, -0.1) is 0 Å². The van der Waals surface area contributed by atoms with Gasteiger partial charge in [0.2, 0.25) is 5.91 Å². The van der Waals surface area contributed by atoms with Crippen LogP contribution in [0.5, 0.6) is 0 Å². The van der Waals surface area contributed by atoms with Gasteiger partial charge in [-0.3, -0.25) is 9.78 Å². The molecule has 1 aliphatic rings. The molecule has 110 valence electrons. The van der Waals surface area contributed by atoms with E-state index in [1.165, 1.54) is 0 Å². The molecule has 1 saturated heterocycles. The fraction of sp³-hybridized carbons (Fsp3) is 0.333. The number of carbonyl (C=O) groups is 1. The van der Waals surface area contributed by atoms with Crippen molar-refractivity contribution in [1.82, 2.24) is 10.3 Å². The van der Waals surface area contributed by atoms with Gasteiger partial charge in [-0.05, 0) is 37.1 Å². The van der Waals surface area contributed by atoms with E-state index in [4.69, 9.17) is 11.6 Å². The summed E-state index contributed by atoms with van der Waals surface area (Å²) in [4.78, 5) is 16.6. The average molecular weight is 306 g/mol. The Bertz CT molecular complexity index is 705. The average Bonchev–Trinajstić information content (AvgIpc) is 2.90. The molecule has 0 bridgehead atoms. The summed E-state index contributed by atoms with van der Waals surface area (Å²) in [5.74, 6) is -0.192. The number of fused-ring (bicyclic) bond motifs is 1. The van der Waals surface area contributed by atoms with E-state index in [-0.39, 0.29) is 5.91 Å². The summed E-state index contributed by atoms with van der Waals surface area (Å²) in [7, 11) is 0. The van der Waals surface area contributed by atoms with Crippen molar-refractivity contribution >= 4 is 34.1 Å². The third-order valence-electron chi connectivity index (χ3n) is 3.70. The number of aliphatic hydroxyl groups is 1. The molecule has 1 aromatic carbocycles. The van der Waals surface area contributed by atoms with Crippen LogP contribution in [0.15, 0.2) is 24.4 Å². The molecule has 2 heterocycles. The minimum atomic E-state index is -0.479. The van der Waals surface area contributed by atoms with Crippen LogP contribution in [-0.4, -0.2) is 34.7 Å². The van der Waals surface area contributed by atoms with E-state index in [0.29, 0.717) is 23.7 Å². The molecule has 21 heavy (non-hydrogen) atoms. The van der Waals surface area contributed by atoms with Crippen molar-refractivity contribution in [1.29, 1.82) is 0 Å². The maximum Gasteiger partial charge on any atom is 0.241 e. The molecule has 6 heteroatoms. The SMILES string of the molecule is Cc1cc(Cl)c(NC(=O)C2CC(O)CN2)c2cccnc12. The Balaban J connectivity index is 1.95. The van der Waals surface area contributed by atoms with Gasteiger partial charge in [-0.1, -0.05) is 11.6 Å². The first-order valence-corrected chi connectivity index (χ1v) is 7.20. The Morgan fingerprint density at radius 1 is 1.57 bits per heavy atom. The molecule has 1 aliphatic heterocycles. The summed E-state index contributed by atoms with van der Waals surface area (Å²) in [6, 6.07) is 5.09. The smallest absolute Gasteiger partial charge is 0.241 e. The molecular formula is C15H16ClN3O2. The number of halogens is 1. The van der Waals surface area contributed by atoms with Crippen molar-refractivity contribution in [2.45, 2.75) is 25.5 Å². The van der Waals surface area contributed by atoms with Crippen LogP contribution in [0.25, 0.3) is 10.9 Å². The Labute approximate surface area is 127 Å². The number of aromatic nitrogens is 1. The minimum absolute atomic E-state index is 0.192. The number of aliphatic hydroxyl groups excluding tert-OH is 1. The van der Waals surface area contributed by atoms with Gasteiger partial charge in [-0.25, -0.2) is 0 Å². The number of anilines is 1. The lowest BCUT2D eigenvalue weighted by molar-refractivity contribution is -0.117. The van der Waals surface area contributed by atoms with Crippen LogP contribution in [0.2, 0.25) is 5.02 Å². The molecule has 0 spiro atoms. The third-order valence-corrected chi connectivity index (χ3v) is 4.00. The lowest BCUT2D eigenvalue weighted by Crippen LogP contribution is -2.35. The van der Waals surface area contributed by atoms with E-state index in [1.54, 1.807) is 12.3 Å². The molecule has 2 atom stereocenters. The van der Waals surface area contributed by atoms with Crippen molar-refractivity contribution in [2.24, 2.45) is 0 Å². The van der Waals surface area contributed by atoms with E-state index in [0.717, 1.165) is 16.5 Å². The number of amides is 1. The first-order chi connectivity index (χ1) is 10.1. The Morgan fingerprint density at radius 3 is 3.10 bits per heavy atom. The maximum absolute atomic E-state index is 12.3. The number of β-amino-alcohol motifs (C(OH)–C–C–N with tert-alkyl or cyclic N) is 1. The maximum atomic E-state index is 12.3. The lowest BCUT2D eigenvalue weighted by Gasteiger charge is -2.15. The van der Waals surface area contributed by atoms with Crippen molar-refractivity contribution in [2.75, 3.05) is 11.9 Å². The van der Waals surface area contributed by atoms with Gasteiger partial charge in [0.05, 0.1) is 28.4 Å². The normalized spacial score (nSPS) is 21.7. The second-order valence-electron chi connectivity index (χ2n) is 5.29. The predicted molar refractivity (Wildman–Crippen MR) is 82.5 cm³/mol. The van der Waals surface area contributed by atoms with Crippen molar-refractivity contribution in [3.63, 3.8) is 0 Å². The van der Waals surface area contributed by atoms with Gasteiger partial charge < -0.3 is 15.7 Å². The lowest BCUT2D eigenvalue weighted by atomic mass is 10.1. The van der Waals surface area contributed by atoms with Crippen LogP contribution in [0.3, 0.4) is 0 Å². The van der Waals surface area contributed by atoms with Gasteiger partial charge in [0.15, 0.2) is 0 Å². The molecule has 1 fully saturated rings. The predicted octanol–water partition coefficient (Wildman–Crippen LogP) is 1.86. The van der Waals surface area contributed by atoms with Crippen LogP contribution in [0.4, 0.5) is 5.69 Å². The van der Waals surface area contributed by atoms with Gasteiger partial charge in [-0.2, -0.15) is 0 Å². The zero-order chi connectivity index (χ0) is 15.0. The zero-order valence-corrected chi connectivity index (χ0v) is 12.3. The quantitative estimate of drug-likeness (QED) is 0.792. The largest absolute Gasteiger partial charge is 0.392 e. The number of aryl methyl sites for hydroxylation is 1. The van der Waals surface area contributed by atoms with Crippen LogP contribution >= 0.6 is 11.6 Å². The number of carbonyl (C=O) groups excluding carboxylic acids is 1. The summed E-state index contributed by atoms with van der Waals surface area (Å²) in [5.41, 5.74) is 2.35. The number of rotatable bonds is 2. The van der Waals surface area contributed by atoms with Gasteiger partial charge in [0, 0.05) is 18.1 Å². The Kier molecular flexibility index (Phi) is 3.80. The van der Waals surface area contributed by atoms with Gasteiger partial charge in [0.1, 0.15) is 0 Å². The van der Waals surface area contributed by atoms with E-state index in [1.807, 2.05) is 19.1 Å². The molecular weight excluding hydrogens is 290 g/mol. The van der Waals surface area contributed by atoms with E-state index in [9.17, 15) is 9.90 Å². The summed E-state index contributed by atoms with van der Waals surface area (Å²) < 4.78 is 0. The summed E-state index contributed by atoms with van der Waals surface area (Å²) in [6.07, 6.45) is 1.64. The number of nitrogens with one attached hydrogen (secondary N) is 2. The van der Waals surface area contributed by atoms with Crippen LogP contribution in [0, 0.1) is 6.92 Å². The Hall–Kier alpha value is -1.69. The number of pyridine rings is 1. The summed E-state index contributed by atoms with van der Waals surface area (Å²) in [6.45, 7) is 2.36. The van der Waals surface area contributed by atoms with Crippen molar-refractivity contribution < 1.29 is 9.90 Å². The molecule has 0 saturated carbocycles. The molecule has 5 nitrogen and oxygen atoms in total. The minimum Gasteiger partial charge on any atom is -0.392 e. The van der Waals surface area contributed by atoms with Crippen LogP contribution < -0.4 is 10.6 Å². The highest BCUT2D eigenvalue weighted by Crippen LogP contribution is 2.32. The van der Waals surface area contributed by atoms with E-state index < -0.39 is 12.1 Å². The molecule has 2 aromatic rings. The molecule has 0 radical (unpaired) electrons. The monoisotopic (exact) mass is 305 g/mol. The molecule has 1 amide bonds. The van der Waals surface area contributed by atoms with Gasteiger partial charge in [0.25, 0.3) is 0 Å². The fourth-order valence-corrected chi connectivity index (χ4v) is 2.95. The fourth-order valence-electron chi connectivity index (χ4n) is 2.63.